The van der Waals surface area contributed by atoms with Crippen LogP contribution < -0.4 is 5.32 Å². The number of carbonyl (C=O) groups excluding carboxylic acids is 1. The fraction of sp³-hybridized carbons (Fsp3) is 0.769. The van der Waals surface area contributed by atoms with Crippen molar-refractivity contribution in [3.05, 3.63) is 11.6 Å². The average molecular weight is 243 g/mol. The lowest BCUT2D eigenvalue weighted by Crippen LogP contribution is -2.32. The lowest BCUT2D eigenvalue weighted by molar-refractivity contribution is 0.0534. The summed E-state index contributed by atoms with van der Waals surface area (Å²) in [5.41, 5.74) is 0.763. The van der Waals surface area contributed by atoms with Crippen molar-refractivity contribution < 1.29 is 14.6 Å². The molecule has 0 spiro atoms. The monoisotopic (exact) mass is 243 g/mol. The van der Waals surface area contributed by atoms with Crippen molar-refractivity contribution in [2.24, 2.45) is 0 Å². The van der Waals surface area contributed by atoms with Crippen LogP contribution in [0.15, 0.2) is 11.6 Å². The highest BCUT2D eigenvalue weighted by molar-refractivity contribution is 5.67. The number of nitrogens with one attached hydrogen (secondary N) is 1. The van der Waals surface area contributed by atoms with Gasteiger partial charge < -0.3 is 15.2 Å². The third kappa shape index (κ3) is 11.2. The Kier molecular flexibility index (Phi) is 7.63. The van der Waals surface area contributed by atoms with E-state index >= 15 is 0 Å². The first kappa shape index (κ1) is 16.0. The van der Waals surface area contributed by atoms with Crippen molar-refractivity contribution in [2.75, 3.05) is 13.2 Å². The van der Waals surface area contributed by atoms with Gasteiger partial charge in [0.05, 0.1) is 0 Å². The van der Waals surface area contributed by atoms with Crippen molar-refractivity contribution in [3.8, 4) is 0 Å². The summed E-state index contributed by atoms with van der Waals surface area (Å²) in [7, 11) is 0. The summed E-state index contributed by atoms with van der Waals surface area (Å²) < 4.78 is 5.11. The van der Waals surface area contributed by atoms with Gasteiger partial charge in [-0.1, -0.05) is 11.6 Å². The number of ether oxygens (including phenoxy) is 1. The molecule has 0 radical (unpaired) electrons. The number of aliphatic hydroxyl groups is 1. The fourth-order valence-electron chi connectivity index (χ4n) is 1.24. The summed E-state index contributed by atoms with van der Waals surface area (Å²) in [6.45, 7) is 8.26. The Balaban J connectivity index is 3.74. The maximum atomic E-state index is 11.3. The van der Waals surface area contributed by atoms with Crippen LogP contribution in [0.2, 0.25) is 0 Å². The van der Waals surface area contributed by atoms with E-state index in [2.05, 4.69) is 5.32 Å². The third-order valence-electron chi connectivity index (χ3n) is 2.08. The molecule has 0 aliphatic rings. The molecule has 0 rings (SSSR count). The molecule has 0 aliphatic carbocycles. The molecule has 0 atom stereocenters. The maximum Gasteiger partial charge on any atom is 0.407 e. The first-order chi connectivity index (χ1) is 7.85. The fourth-order valence-corrected chi connectivity index (χ4v) is 1.24. The van der Waals surface area contributed by atoms with Gasteiger partial charge in [-0.15, -0.1) is 0 Å². The predicted octanol–water partition coefficient (Wildman–Crippen LogP) is 2.62. The van der Waals surface area contributed by atoms with Crippen LogP contribution in [0.1, 0.15) is 47.0 Å². The molecule has 0 bridgehead atoms. The molecule has 0 saturated carbocycles. The van der Waals surface area contributed by atoms with Crippen LogP contribution in [-0.4, -0.2) is 30.0 Å². The molecule has 17 heavy (non-hydrogen) atoms. The smallest absolute Gasteiger partial charge is 0.407 e. The molecule has 4 nitrogen and oxygen atoms in total. The average Bonchev–Trinajstić information content (AvgIpc) is 2.15. The number of unbranched alkanes of at least 4 members (excludes halogenated alkanes) is 1. The topological polar surface area (TPSA) is 58.6 Å². The number of aliphatic hydroxyl groups excluding tert-OH is 1. The van der Waals surface area contributed by atoms with Gasteiger partial charge in [-0.3, -0.25) is 0 Å². The Morgan fingerprint density at radius 1 is 1.35 bits per heavy atom. The molecule has 1 amide bonds. The molecule has 0 saturated heterocycles. The van der Waals surface area contributed by atoms with Gasteiger partial charge in [-0.25, -0.2) is 4.79 Å². The van der Waals surface area contributed by atoms with Crippen molar-refractivity contribution in [2.45, 2.75) is 52.6 Å². The van der Waals surface area contributed by atoms with E-state index in [-0.39, 0.29) is 6.61 Å². The molecule has 2 N–H and O–H groups in total. The summed E-state index contributed by atoms with van der Waals surface area (Å²) in [6.07, 6.45) is 4.34. The number of hydrogen-bond acceptors (Lipinski definition) is 3. The summed E-state index contributed by atoms with van der Waals surface area (Å²) in [5.74, 6) is 0. The van der Waals surface area contributed by atoms with Gasteiger partial charge in [-0.05, 0) is 47.0 Å². The lowest BCUT2D eigenvalue weighted by Gasteiger charge is -2.19. The van der Waals surface area contributed by atoms with Crippen LogP contribution in [0.3, 0.4) is 0 Å². The lowest BCUT2D eigenvalue weighted by atomic mass is 10.1. The highest BCUT2D eigenvalue weighted by Gasteiger charge is 2.14. The number of allylic oxidation sites excluding steroid dienone is 1. The Hall–Kier alpha value is -1.03. The molecule has 100 valence electrons. The Bertz CT molecular complexity index is 254. The van der Waals surface area contributed by atoms with E-state index in [9.17, 15) is 4.79 Å². The molecule has 0 aromatic heterocycles. The van der Waals surface area contributed by atoms with Crippen LogP contribution >= 0.6 is 0 Å². The molecule has 0 fully saturated rings. The van der Waals surface area contributed by atoms with Gasteiger partial charge in [0, 0.05) is 13.2 Å². The van der Waals surface area contributed by atoms with Crippen LogP contribution in [0.5, 0.6) is 0 Å². The molecule has 0 unspecified atom stereocenters. The van der Waals surface area contributed by atoms with Gasteiger partial charge in [-0.2, -0.15) is 0 Å². The summed E-state index contributed by atoms with van der Waals surface area (Å²) in [5, 5.41) is 11.3. The molecule has 0 aromatic rings. The standard InChI is InChI=1S/C13H25NO3/c1-11(7-5-6-10-15)8-9-14-12(16)17-13(2,3)4/h8,15H,5-7,9-10H2,1-4H3,(H,14,16)/b11-8+. The Morgan fingerprint density at radius 3 is 2.53 bits per heavy atom. The quantitative estimate of drug-likeness (QED) is 0.557. The number of hydrogen-bond donors (Lipinski definition) is 2. The summed E-state index contributed by atoms with van der Waals surface area (Å²) >= 11 is 0. The van der Waals surface area contributed by atoms with Crippen LogP contribution in [0, 0.1) is 0 Å². The normalized spacial score (nSPS) is 12.4. The van der Waals surface area contributed by atoms with Crippen LogP contribution in [0.4, 0.5) is 4.79 Å². The van der Waals surface area contributed by atoms with Gasteiger partial charge in [0.15, 0.2) is 0 Å². The number of carbonyl (C=O) groups is 1. The molecule has 0 heterocycles. The molecule has 0 aromatic carbocycles. The Labute approximate surface area is 104 Å². The minimum absolute atomic E-state index is 0.240. The largest absolute Gasteiger partial charge is 0.444 e. The van der Waals surface area contributed by atoms with Crippen molar-refractivity contribution >= 4 is 6.09 Å². The van der Waals surface area contributed by atoms with Gasteiger partial charge in [0.2, 0.25) is 0 Å². The Morgan fingerprint density at radius 2 is 2.00 bits per heavy atom. The highest BCUT2D eigenvalue weighted by atomic mass is 16.6. The molecular formula is C13H25NO3. The number of rotatable bonds is 6. The van der Waals surface area contributed by atoms with E-state index in [1.165, 1.54) is 5.57 Å². The third-order valence-corrected chi connectivity index (χ3v) is 2.08. The van der Waals surface area contributed by atoms with Crippen molar-refractivity contribution in [1.29, 1.82) is 0 Å². The second-order valence-electron chi connectivity index (χ2n) is 5.11. The van der Waals surface area contributed by atoms with Crippen LogP contribution in [-0.2, 0) is 4.74 Å². The predicted molar refractivity (Wildman–Crippen MR) is 68.9 cm³/mol. The second kappa shape index (κ2) is 8.12. The molecule has 0 aliphatic heterocycles. The van der Waals surface area contributed by atoms with Crippen LogP contribution in [0.25, 0.3) is 0 Å². The van der Waals surface area contributed by atoms with E-state index in [0.717, 1.165) is 19.3 Å². The van der Waals surface area contributed by atoms with Crippen molar-refractivity contribution in [1.82, 2.24) is 5.32 Å². The van der Waals surface area contributed by atoms with Crippen molar-refractivity contribution in [3.63, 3.8) is 0 Å². The first-order valence-electron chi connectivity index (χ1n) is 6.08. The van der Waals surface area contributed by atoms with Gasteiger partial charge in [0.1, 0.15) is 5.60 Å². The van der Waals surface area contributed by atoms with E-state index in [1.54, 1.807) is 0 Å². The zero-order valence-corrected chi connectivity index (χ0v) is 11.4. The highest BCUT2D eigenvalue weighted by Crippen LogP contribution is 2.07. The molecular weight excluding hydrogens is 218 g/mol. The van der Waals surface area contributed by atoms with E-state index in [4.69, 9.17) is 9.84 Å². The van der Waals surface area contributed by atoms with E-state index in [0.29, 0.717) is 6.54 Å². The zero-order chi connectivity index (χ0) is 13.3. The summed E-state index contributed by atoms with van der Waals surface area (Å²) in [4.78, 5) is 11.3. The van der Waals surface area contributed by atoms with E-state index < -0.39 is 11.7 Å². The minimum Gasteiger partial charge on any atom is -0.444 e. The minimum atomic E-state index is -0.454. The SMILES string of the molecule is C/C(=C\CNC(=O)OC(C)(C)C)CCCCO. The van der Waals surface area contributed by atoms with Gasteiger partial charge in [0.25, 0.3) is 0 Å². The van der Waals surface area contributed by atoms with Gasteiger partial charge >= 0.3 is 6.09 Å². The maximum absolute atomic E-state index is 11.3. The molecule has 4 heteroatoms. The summed E-state index contributed by atoms with van der Waals surface area (Å²) in [6, 6.07) is 0. The second-order valence-corrected chi connectivity index (χ2v) is 5.11. The zero-order valence-electron chi connectivity index (χ0n) is 11.4. The van der Waals surface area contributed by atoms with E-state index in [1.807, 2.05) is 33.8 Å². The first-order valence-corrected chi connectivity index (χ1v) is 6.08. The number of amides is 1. The number of alkyl carbamates (subject to hydrolysis) is 1.